The minimum Gasteiger partial charge on any atom is -0.492 e. The lowest BCUT2D eigenvalue weighted by molar-refractivity contribution is 0.344. The van der Waals surface area contributed by atoms with Gasteiger partial charge in [-0.15, -0.1) is 0 Å². The van der Waals surface area contributed by atoms with E-state index < -0.39 is 22.9 Å². The van der Waals surface area contributed by atoms with E-state index in [4.69, 9.17) is 0 Å². The number of rotatable bonds is 2. The van der Waals surface area contributed by atoms with Crippen LogP contribution in [0.4, 0.5) is 4.39 Å². The van der Waals surface area contributed by atoms with E-state index in [0.29, 0.717) is 0 Å². The average Bonchev–Trinajstić information content (AvgIpc) is 2.37. The largest absolute Gasteiger partial charge is 0.492 e. The van der Waals surface area contributed by atoms with Crippen molar-refractivity contribution in [2.45, 2.75) is 18.9 Å². The molecular weight excluding hydrogens is 251 g/mol. The van der Waals surface area contributed by atoms with Crippen LogP contribution in [0.25, 0.3) is 0 Å². The number of hydrogen-bond acceptors (Lipinski definition) is 3. The van der Waals surface area contributed by atoms with Gasteiger partial charge in [0.05, 0.1) is 0 Å². The van der Waals surface area contributed by atoms with Gasteiger partial charge >= 0.3 is 5.69 Å². The molecule has 0 saturated carbocycles. The number of fused-ring (bicyclic) bond motifs is 1. The van der Waals surface area contributed by atoms with Crippen LogP contribution in [-0.2, 0) is 13.0 Å². The maximum absolute atomic E-state index is 13.3. The summed E-state index contributed by atoms with van der Waals surface area (Å²) in [4.78, 5) is 24.4. The van der Waals surface area contributed by atoms with Gasteiger partial charge in [0.15, 0.2) is 0 Å². The van der Waals surface area contributed by atoms with Gasteiger partial charge in [-0.1, -0.05) is 24.3 Å². The van der Waals surface area contributed by atoms with E-state index in [2.05, 4.69) is 0 Å². The maximum atomic E-state index is 13.3. The zero-order valence-electron chi connectivity index (χ0n) is 9.89. The highest BCUT2D eigenvalue weighted by atomic mass is 19.1. The highest BCUT2D eigenvalue weighted by molar-refractivity contribution is 5.39. The van der Waals surface area contributed by atoms with Crippen molar-refractivity contribution in [2.24, 2.45) is 0 Å². The lowest BCUT2D eigenvalue weighted by atomic mass is 9.77. The van der Waals surface area contributed by atoms with Crippen LogP contribution < -0.4 is 11.2 Å². The zero-order valence-corrected chi connectivity index (χ0v) is 9.89. The summed E-state index contributed by atoms with van der Waals surface area (Å²) in [6.07, 6.45) is 0.767. The standard InChI is InChI=1S/C13H11FN2O3/c14-10-11(17)15-13(19)16(12(10)18)6-8-5-7-3-1-2-4-9(7)8/h1-4,8,18H,5-6H2,(H,15,17,19). The van der Waals surface area contributed by atoms with Crippen molar-refractivity contribution in [3.63, 3.8) is 0 Å². The van der Waals surface area contributed by atoms with Crippen molar-refractivity contribution in [3.05, 3.63) is 62.0 Å². The quantitative estimate of drug-likeness (QED) is 0.837. The lowest BCUT2D eigenvalue weighted by Gasteiger charge is -2.30. The van der Waals surface area contributed by atoms with E-state index >= 15 is 0 Å². The molecule has 1 aromatic carbocycles. The summed E-state index contributed by atoms with van der Waals surface area (Å²) in [6, 6.07) is 7.75. The molecule has 98 valence electrons. The van der Waals surface area contributed by atoms with Crippen molar-refractivity contribution >= 4 is 0 Å². The second kappa shape index (κ2) is 4.08. The summed E-state index contributed by atoms with van der Waals surface area (Å²) in [5.74, 6) is -2.18. The molecule has 1 unspecified atom stereocenters. The Morgan fingerprint density at radius 3 is 2.84 bits per heavy atom. The zero-order chi connectivity index (χ0) is 13.6. The first-order valence-electron chi connectivity index (χ1n) is 5.87. The highest BCUT2D eigenvalue weighted by Gasteiger charge is 2.27. The predicted molar refractivity (Wildman–Crippen MR) is 65.8 cm³/mol. The predicted octanol–water partition coefficient (Wildman–Crippen LogP) is 0.721. The highest BCUT2D eigenvalue weighted by Crippen LogP contribution is 2.36. The number of halogens is 1. The van der Waals surface area contributed by atoms with Gasteiger partial charge in [0, 0.05) is 12.5 Å². The van der Waals surface area contributed by atoms with Gasteiger partial charge in [-0.3, -0.25) is 14.3 Å². The molecule has 2 aromatic rings. The summed E-state index contributed by atoms with van der Waals surface area (Å²) in [6.45, 7) is 0.148. The smallest absolute Gasteiger partial charge is 0.331 e. The normalized spacial score (nSPS) is 16.8. The summed E-state index contributed by atoms with van der Waals surface area (Å²) < 4.78 is 14.1. The topological polar surface area (TPSA) is 75.1 Å². The van der Waals surface area contributed by atoms with Crippen molar-refractivity contribution in [3.8, 4) is 5.88 Å². The Morgan fingerprint density at radius 2 is 2.11 bits per heavy atom. The van der Waals surface area contributed by atoms with E-state index in [9.17, 15) is 19.1 Å². The SMILES string of the molecule is O=c1[nH]c(=O)n(CC2Cc3ccccc32)c(O)c1F. The van der Waals surface area contributed by atoms with E-state index in [1.807, 2.05) is 29.2 Å². The third kappa shape index (κ3) is 1.76. The van der Waals surface area contributed by atoms with Gasteiger partial charge in [0.25, 0.3) is 5.56 Å². The van der Waals surface area contributed by atoms with Crippen LogP contribution in [-0.4, -0.2) is 14.7 Å². The summed E-state index contributed by atoms with van der Waals surface area (Å²) in [7, 11) is 0. The number of nitrogens with zero attached hydrogens (tertiary/aromatic N) is 1. The summed E-state index contributed by atoms with van der Waals surface area (Å²) in [5.41, 5.74) is 0.270. The molecule has 1 heterocycles. The van der Waals surface area contributed by atoms with Crippen LogP contribution in [0.2, 0.25) is 0 Å². The number of hydrogen-bond donors (Lipinski definition) is 2. The Morgan fingerprint density at radius 1 is 1.37 bits per heavy atom. The van der Waals surface area contributed by atoms with Crippen LogP contribution in [0.3, 0.4) is 0 Å². The van der Waals surface area contributed by atoms with E-state index in [-0.39, 0.29) is 12.5 Å². The fraction of sp³-hybridized carbons (Fsp3) is 0.231. The number of H-pyrrole nitrogens is 1. The third-order valence-electron chi connectivity index (χ3n) is 3.48. The Bertz CT molecular complexity index is 763. The number of benzene rings is 1. The van der Waals surface area contributed by atoms with E-state index in [1.54, 1.807) is 0 Å². The monoisotopic (exact) mass is 262 g/mol. The minimum atomic E-state index is -1.33. The first kappa shape index (κ1) is 11.7. The van der Waals surface area contributed by atoms with E-state index in [0.717, 1.165) is 16.6 Å². The molecular formula is C13H11FN2O3. The van der Waals surface area contributed by atoms with Gasteiger partial charge in [0.2, 0.25) is 11.7 Å². The molecule has 3 rings (SSSR count). The number of aromatic amines is 1. The molecule has 1 aliphatic rings. The van der Waals surface area contributed by atoms with Gasteiger partial charge in [-0.2, -0.15) is 4.39 Å². The molecule has 0 bridgehead atoms. The Hall–Kier alpha value is -2.37. The molecule has 2 N–H and O–H groups in total. The Kier molecular flexibility index (Phi) is 2.51. The van der Waals surface area contributed by atoms with Crippen molar-refractivity contribution in [2.75, 3.05) is 0 Å². The number of nitrogens with one attached hydrogen (secondary N) is 1. The van der Waals surface area contributed by atoms with Gasteiger partial charge in [0.1, 0.15) is 0 Å². The van der Waals surface area contributed by atoms with Crippen LogP contribution in [0.15, 0.2) is 33.9 Å². The second-order valence-electron chi connectivity index (χ2n) is 4.61. The maximum Gasteiger partial charge on any atom is 0.331 e. The fourth-order valence-corrected chi connectivity index (χ4v) is 2.45. The van der Waals surface area contributed by atoms with Crippen LogP contribution in [0.1, 0.15) is 17.0 Å². The lowest BCUT2D eigenvalue weighted by Crippen LogP contribution is -2.35. The third-order valence-corrected chi connectivity index (χ3v) is 3.48. The molecule has 0 saturated heterocycles. The van der Waals surface area contributed by atoms with Crippen LogP contribution in [0.5, 0.6) is 5.88 Å². The van der Waals surface area contributed by atoms with Gasteiger partial charge in [-0.05, 0) is 17.5 Å². The minimum absolute atomic E-state index is 0.0464. The summed E-state index contributed by atoms with van der Waals surface area (Å²) >= 11 is 0. The second-order valence-corrected chi connectivity index (χ2v) is 4.61. The number of aromatic hydroxyl groups is 1. The molecule has 1 atom stereocenters. The average molecular weight is 262 g/mol. The van der Waals surface area contributed by atoms with Crippen molar-refractivity contribution in [1.82, 2.24) is 9.55 Å². The van der Waals surface area contributed by atoms with Gasteiger partial charge in [-0.25, -0.2) is 4.79 Å². The first-order valence-corrected chi connectivity index (χ1v) is 5.87. The molecule has 19 heavy (non-hydrogen) atoms. The fourth-order valence-electron chi connectivity index (χ4n) is 2.45. The Balaban J connectivity index is 1.97. The van der Waals surface area contributed by atoms with Crippen molar-refractivity contribution in [1.29, 1.82) is 0 Å². The molecule has 6 heteroatoms. The van der Waals surface area contributed by atoms with Crippen LogP contribution >= 0.6 is 0 Å². The van der Waals surface area contributed by atoms with E-state index in [1.165, 1.54) is 5.56 Å². The molecule has 0 amide bonds. The summed E-state index contributed by atoms with van der Waals surface area (Å²) in [5, 5.41) is 9.54. The molecule has 0 spiro atoms. The molecule has 1 aliphatic carbocycles. The van der Waals surface area contributed by atoms with Crippen molar-refractivity contribution < 1.29 is 9.50 Å². The Labute approximate surface area is 107 Å². The number of aromatic nitrogens is 2. The molecule has 0 fully saturated rings. The molecule has 0 aliphatic heterocycles. The van der Waals surface area contributed by atoms with Gasteiger partial charge < -0.3 is 5.11 Å². The molecule has 0 radical (unpaired) electrons. The molecule has 5 nitrogen and oxygen atoms in total. The first-order chi connectivity index (χ1) is 9.08. The van der Waals surface area contributed by atoms with Crippen LogP contribution in [0, 0.1) is 5.82 Å². The molecule has 1 aromatic heterocycles.